The fourth-order valence-electron chi connectivity index (χ4n) is 1.59. The Balaban J connectivity index is 2.65. The lowest BCUT2D eigenvalue weighted by Crippen LogP contribution is -2.07. The first-order chi connectivity index (χ1) is 6.83. The van der Waals surface area contributed by atoms with Crippen LogP contribution in [0.25, 0.3) is 10.8 Å². The Kier molecular flexibility index (Phi) is 2.91. The standard InChI is InChI=1S/C12H12IN/c1-2-14(13)12-9-5-7-10-6-3-4-8-11(10)12/h3-9H,2H2,1H3. The second-order valence-corrected chi connectivity index (χ2v) is 4.34. The van der Waals surface area contributed by atoms with E-state index in [1.165, 1.54) is 16.5 Å². The SMILES string of the molecule is CCN(I)c1cccc2ccccc12. The van der Waals surface area contributed by atoms with E-state index in [1.807, 2.05) is 0 Å². The quantitative estimate of drug-likeness (QED) is 0.598. The molecule has 2 aromatic rings. The smallest absolute Gasteiger partial charge is 0.0591 e. The van der Waals surface area contributed by atoms with E-state index >= 15 is 0 Å². The molecule has 0 saturated heterocycles. The van der Waals surface area contributed by atoms with Gasteiger partial charge in [0.2, 0.25) is 0 Å². The molecule has 0 aliphatic rings. The summed E-state index contributed by atoms with van der Waals surface area (Å²) in [5.74, 6) is 0. The van der Waals surface area contributed by atoms with Crippen LogP contribution in [-0.2, 0) is 0 Å². The van der Waals surface area contributed by atoms with Gasteiger partial charge in [0.1, 0.15) is 0 Å². The molecule has 0 aliphatic carbocycles. The molecule has 2 aromatic carbocycles. The van der Waals surface area contributed by atoms with E-state index in [0.717, 1.165) is 6.54 Å². The van der Waals surface area contributed by atoms with E-state index < -0.39 is 0 Å². The predicted octanol–water partition coefficient (Wildman–Crippen LogP) is 4.02. The Morgan fingerprint density at radius 3 is 2.57 bits per heavy atom. The van der Waals surface area contributed by atoms with Crippen molar-refractivity contribution < 1.29 is 0 Å². The fourth-order valence-corrected chi connectivity index (χ4v) is 2.01. The summed E-state index contributed by atoms with van der Waals surface area (Å²) in [5.41, 5.74) is 1.30. The molecule has 0 atom stereocenters. The van der Waals surface area contributed by atoms with Crippen LogP contribution in [-0.4, -0.2) is 6.54 Å². The molecule has 0 saturated carbocycles. The summed E-state index contributed by atoms with van der Waals surface area (Å²) in [4.78, 5) is 0. The lowest BCUT2D eigenvalue weighted by atomic mass is 10.1. The van der Waals surface area contributed by atoms with Crippen LogP contribution in [0.15, 0.2) is 42.5 Å². The van der Waals surface area contributed by atoms with Crippen molar-refractivity contribution in [1.29, 1.82) is 0 Å². The second-order valence-electron chi connectivity index (χ2n) is 3.18. The number of anilines is 1. The monoisotopic (exact) mass is 297 g/mol. The molecule has 0 aliphatic heterocycles. The largest absolute Gasteiger partial charge is 0.314 e. The van der Waals surface area contributed by atoms with Gasteiger partial charge in [-0.05, 0) is 18.4 Å². The van der Waals surface area contributed by atoms with Gasteiger partial charge in [-0.1, -0.05) is 36.4 Å². The molecule has 2 rings (SSSR count). The molecule has 0 aromatic heterocycles. The van der Waals surface area contributed by atoms with Crippen molar-refractivity contribution in [3.63, 3.8) is 0 Å². The number of fused-ring (bicyclic) bond motifs is 1. The van der Waals surface area contributed by atoms with Crippen molar-refractivity contribution in [2.75, 3.05) is 9.66 Å². The van der Waals surface area contributed by atoms with E-state index in [1.54, 1.807) is 0 Å². The van der Waals surface area contributed by atoms with Crippen molar-refractivity contribution in [2.45, 2.75) is 6.92 Å². The van der Waals surface area contributed by atoms with Crippen molar-refractivity contribution >= 4 is 39.3 Å². The van der Waals surface area contributed by atoms with Crippen LogP contribution >= 0.6 is 22.9 Å². The number of hydrogen-bond donors (Lipinski definition) is 0. The van der Waals surface area contributed by atoms with Gasteiger partial charge in [-0.3, -0.25) is 0 Å². The van der Waals surface area contributed by atoms with Crippen LogP contribution < -0.4 is 3.11 Å². The minimum Gasteiger partial charge on any atom is -0.314 e. The van der Waals surface area contributed by atoms with Gasteiger partial charge < -0.3 is 3.11 Å². The maximum Gasteiger partial charge on any atom is 0.0591 e. The number of halogens is 1. The van der Waals surface area contributed by atoms with E-state index in [4.69, 9.17) is 0 Å². The molecule has 0 unspecified atom stereocenters. The number of hydrogen-bond acceptors (Lipinski definition) is 1. The maximum atomic E-state index is 2.35. The van der Waals surface area contributed by atoms with Gasteiger partial charge in [-0.2, -0.15) is 0 Å². The molecule has 0 bridgehead atoms. The highest BCUT2D eigenvalue weighted by atomic mass is 127. The highest BCUT2D eigenvalue weighted by Crippen LogP contribution is 2.28. The zero-order chi connectivity index (χ0) is 9.97. The van der Waals surface area contributed by atoms with E-state index in [0.29, 0.717) is 0 Å². The molecular weight excluding hydrogens is 285 g/mol. The van der Waals surface area contributed by atoms with Gasteiger partial charge in [-0.15, -0.1) is 0 Å². The summed E-state index contributed by atoms with van der Waals surface area (Å²) in [6.45, 7) is 3.18. The van der Waals surface area contributed by atoms with Crippen LogP contribution in [0, 0.1) is 0 Å². The van der Waals surface area contributed by atoms with Gasteiger partial charge in [0.25, 0.3) is 0 Å². The summed E-state index contributed by atoms with van der Waals surface area (Å²) in [5, 5.41) is 2.63. The highest BCUT2D eigenvalue weighted by molar-refractivity contribution is 14.1. The summed E-state index contributed by atoms with van der Waals surface area (Å²) in [6.07, 6.45) is 0. The van der Waals surface area contributed by atoms with Crippen molar-refractivity contribution in [3.8, 4) is 0 Å². The Morgan fingerprint density at radius 2 is 1.79 bits per heavy atom. The Labute approximate surface area is 98.2 Å². The van der Waals surface area contributed by atoms with Gasteiger partial charge in [0.05, 0.1) is 28.6 Å². The zero-order valence-electron chi connectivity index (χ0n) is 8.07. The van der Waals surface area contributed by atoms with E-state index in [2.05, 4.69) is 75.4 Å². The van der Waals surface area contributed by atoms with E-state index in [9.17, 15) is 0 Å². The van der Waals surface area contributed by atoms with Crippen LogP contribution in [0.3, 0.4) is 0 Å². The molecule has 0 radical (unpaired) electrons. The molecule has 1 nitrogen and oxygen atoms in total. The first-order valence-corrected chi connectivity index (χ1v) is 5.70. The molecular formula is C12H12IN. The van der Waals surface area contributed by atoms with Crippen LogP contribution in [0.1, 0.15) is 6.92 Å². The number of benzene rings is 2. The van der Waals surface area contributed by atoms with Crippen molar-refractivity contribution in [3.05, 3.63) is 42.5 Å². The third-order valence-corrected chi connectivity index (χ3v) is 3.51. The molecule has 2 heteroatoms. The third kappa shape index (κ3) is 1.71. The molecule has 0 N–H and O–H groups in total. The van der Waals surface area contributed by atoms with Crippen LogP contribution in [0.2, 0.25) is 0 Å². The molecule has 0 heterocycles. The molecule has 0 amide bonds. The predicted molar refractivity (Wildman–Crippen MR) is 71.0 cm³/mol. The van der Waals surface area contributed by atoms with Crippen molar-refractivity contribution in [1.82, 2.24) is 0 Å². The lowest BCUT2D eigenvalue weighted by molar-refractivity contribution is 1.15. The summed E-state index contributed by atoms with van der Waals surface area (Å²) in [7, 11) is 0. The fraction of sp³-hybridized carbons (Fsp3) is 0.167. The van der Waals surface area contributed by atoms with Crippen molar-refractivity contribution in [2.24, 2.45) is 0 Å². The third-order valence-electron chi connectivity index (χ3n) is 2.31. The number of rotatable bonds is 2. The maximum absolute atomic E-state index is 2.35. The molecule has 72 valence electrons. The minimum atomic E-state index is 1.02. The summed E-state index contributed by atoms with van der Waals surface area (Å²) in [6, 6.07) is 14.9. The van der Waals surface area contributed by atoms with Gasteiger partial charge >= 0.3 is 0 Å². The minimum absolute atomic E-state index is 1.02. The number of nitrogens with zero attached hydrogens (tertiary/aromatic N) is 1. The van der Waals surface area contributed by atoms with Gasteiger partial charge in [0.15, 0.2) is 0 Å². The molecule has 14 heavy (non-hydrogen) atoms. The zero-order valence-corrected chi connectivity index (χ0v) is 10.2. The van der Waals surface area contributed by atoms with Crippen LogP contribution in [0.4, 0.5) is 5.69 Å². The second kappa shape index (κ2) is 4.17. The Hall–Kier alpha value is -0.770. The molecule has 0 spiro atoms. The lowest BCUT2D eigenvalue weighted by Gasteiger charge is -2.16. The van der Waals surface area contributed by atoms with Gasteiger partial charge in [0, 0.05) is 11.9 Å². The highest BCUT2D eigenvalue weighted by Gasteiger charge is 2.03. The summed E-state index contributed by atoms with van der Waals surface area (Å²) >= 11 is 2.35. The summed E-state index contributed by atoms with van der Waals surface area (Å²) < 4.78 is 2.24. The first-order valence-electron chi connectivity index (χ1n) is 4.74. The average molecular weight is 297 g/mol. The van der Waals surface area contributed by atoms with Gasteiger partial charge in [-0.25, -0.2) is 0 Å². The Bertz CT molecular complexity index is 434. The Morgan fingerprint density at radius 1 is 1.07 bits per heavy atom. The van der Waals surface area contributed by atoms with E-state index in [-0.39, 0.29) is 0 Å². The topological polar surface area (TPSA) is 3.24 Å². The normalized spacial score (nSPS) is 10.4. The molecule has 0 fully saturated rings. The van der Waals surface area contributed by atoms with Crippen LogP contribution in [0.5, 0.6) is 0 Å². The first kappa shape index (κ1) is 9.77. The average Bonchev–Trinajstić information content (AvgIpc) is 2.27.